The zero-order valence-electron chi connectivity index (χ0n) is 21.9. The van der Waals surface area contributed by atoms with Gasteiger partial charge in [-0.2, -0.15) is 0 Å². The Kier molecular flexibility index (Phi) is 9.42. The number of carboxylic acids is 1. The van der Waals surface area contributed by atoms with Crippen LogP contribution in [-0.2, 0) is 19.1 Å². The van der Waals surface area contributed by atoms with Crippen molar-refractivity contribution in [3.8, 4) is 11.4 Å². The summed E-state index contributed by atoms with van der Waals surface area (Å²) in [6.07, 6.45) is -0.0629. The molecule has 2 fully saturated rings. The number of rotatable bonds is 9. The second-order valence-electron chi connectivity index (χ2n) is 9.40. The smallest absolute Gasteiger partial charge is 0.409 e. The van der Waals surface area contributed by atoms with Gasteiger partial charge in [-0.15, -0.1) is 0 Å². The van der Waals surface area contributed by atoms with Crippen molar-refractivity contribution < 1.29 is 33.8 Å². The molecule has 1 unspecified atom stereocenters. The lowest BCUT2D eigenvalue weighted by atomic mass is 10.0. The first-order chi connectivity index (χ1) is 18.9. The number of ether oxygens (including phenoxy) is 2. The van der Waals surface area contributed by atoms with Crippen molar-refractivity contribution in [3.63, 3.8) is 0 Å². The van der Waals surface area contributed by atoms with E-state index in [9.17, 15) is 24.3 Å². The number of carbonyl (C=O) groups is 4. The Labute approximate surface area is 226 Å². The highest BCUT2D eigenvalue weighted by atomic mass is 16.6. The molecule has 2 aliphatic heterocycles. The molecule has 0 saturated carbocycles. The number of nitrogens with zero attached hydrogens (tertiary/aromatic N) is 4. The van der Waals surface area contributed by atoms with E-state index in [2.05, 4.69) is 15.3 Å². The number of aromatic nitrogens is 2. The Morgan fingerprint density at radius 1 is 1.10 bits per heavy atom. The molecule has 208 valence electrons. The topological polar surface area (TPSA) is 151 Å². The zero-order valence-corrected chi connectivity index (χ0v) is 21.9. The number of carbonyl (C=O) groups excluding carboxylic acids is 3. The predicted molar refractivity (Wildman–Crippen MR) is 139 cm³/mol. The van der Waals surface area contributed by atoms with E-state index in [0.717, 1.165) is 12.0 Å². The van der Waals surface area contributed by atoms with Gasteiger partial charge in [0.25, 0.3) is 5.91 Å². The highest BCUT2D eigenvalue weighted by molar-refractivity contribution is 5.96. The summed E-state index contributed by atoms with van der Waals surface area (Å²) in [4.78, 5) is 62.3. The lowest BCUT2D eigenvalue weighted by Gasteiger charge is -2.35. The van der Waals surface area contributed by atoms with Crippen molar-refractivity contribution in [1.29, 1.82) is 0 Å². The molecular formula is C27H33N5O7. The summed E-state index contributed by atoms with van der Waals surface area (Å²) < 4.78 is 10.5. The molecule has 0 bridgehead atoms. The summed E-state index contributed by atoms with van der Waals surface area (Å²) in [5.41, 5.74) is 1.51. The summed E-state index contributed by atoms with van der Waals surface area (Å²) in [7, 11) is 0. The van der Waals surface area contributed by atoms with Gasteiger partial charge in [-0.25, -0.2) is 14.8 Å². The highest BCUT2D eigenvalue weighted by Crippen LogP contribution is 2.26. The molecule has 12 heteroatoms. The van der Waals surface area contributed by atoms with E-state index in [1.54, 1.807) is 13.0 Å². The first-order valence-corrected chi connectivity index (χ1v) is 13.1. The molecule has 2 N–H and O–H groups in total. The normalized spacial score (nSPS) is 17.9. The average molecular weight is 540 g/mol. The standard InChI is InChI=1S/C27H33N5O7/c1-2-39-27(37)32-13-11-31(12-14-32)26(36)20(8-9-23(33)34)30-25(35)22-16-21(19-10-15-38-17-19)28-24(29-22)18-6-4-3-5-7-18/h3-7,16,19-20H,2,8-15,17H2,1H3,(H,30,35)(H,33,34)/t19?,20-/m0/s1. The third kappa shape index (κ3) is 7.29. The minimum atomic E-state index is -1.08. The third-order valence-corrected chi connectivity index (χ3v) is 6.73. The fourth-order valence-corrected chi connectivity index (χ4v) is 4.58. The minimum Gasteiger partial charge on any atom is -0.481 e. The number of hydrogen-bond acceptors (Lipinski definition) is 8. The lowest BCUT2D eigenvalue weighted by molar-refractivity contribution is -0.138. The van der Waals surface area contributed by atoms with E-state index in [1.807, 2.05) is 30.3 Å². The zero-order chi connectivity index (χ0) is 27.8. The predicted octanol–water partition coefficient (Wildman–Crippen LogP) is 1.91. The molecule has 2 aromatic rings. The van der Waals surface area contributed by atoms with E-state index >= 15 is 0 Å². The SMILES string of the molecule is CCOC(=O)N1CCN(C(=O)[C@H](CCC(=O)O)NC(=O)c2cc(C3CCOC3)nc(-c3ccccc3)n2)CC1. The maximum absolute atomic E-state index is 13.4. The molecule has 0 aliphatic carbocycles. The maximum atomic E-state index is 13.4. The van der Waals surface area contributed by atoms with E-state index in [0.29, 0.717) is 24.7 Å². The van der Waals surface area contributed by atoms with Crippen molar-refractivity contribution in [2.24, 2.45) is 0 Å². The molecule has 1 aromatic carbocycles. The molecule has 4 rings (SSSR count). The molecule has 2 atom stereocenters. The number of nitrogens with one attached hydrogen (secondary N) is 1. The largest absolute Gasteiger partial charge is 0.481 e. The van der Waals surface area contributed by atoms with Gasteiger partial charge in [0.2, 0.25) is 5.91 Å². The molecular weight excluding hydrogens is 506 g/mol. The van der Waals surface area contributed by atoms with Crippen molar-refractivity contribution in [2.45, 2.75) is 38.1 Å². The van der Waals surface area contributed by atoms with Crippen molar-refractivity contribution >= 4 is 23.9 Å². The van der Waals surface area contributed by atoms with Crippen LogP contribution in [0, 0.1) is 0 Å². The van der Waals surface area contributed by atoms with Gasteiger partial charge in [0.15, 0.2) is 5.82 Å². The summed E-state index contributed by atoms with van der Waals surface area (Å²) in [6.45, 7) is 4.12. The molecule has 2 saturated heterocycles. The van der Waals surface area contributed by atoms with Gasteiger partial charge in [0.1, 0.15) is 11.7 Å². The van der Waals surface area contributed by atoms with Crippen LogP contribution in [0.15, 0.2) is 36.4 Å². The van der Waals surface area contributed by atoms with Crippen LogP contribution in [0.3, 0.4) is 0 Å². The van der Waals surface area contributed by atoms with E-state index in [-0.39, 0.29) is 57.2 Å². The first-order valence-electron chi connectivity index (χ1n) is 13.1. The summed E-state index contributed by atoms with van der Waals surface area (Å²) in [6, 6.07) is 9.81. The van der Waals surface area contributed by atoms with Crippen LogP contribution < -0.4 is 5.32 Å². The van der Waals surface area contributed by atoms with E-state index < -0.39 is 29.9 Å². The van der Waals surface area contributed by atoms with Crippen LogP contribution in [-0.4, -0.2) is 101 Å². The number of benzene rings is 1. The van der Waals surface area contributed by atoms with Gasteiger partial charge in [0.05, 0.1) is 18.9 Å². The van der Waals surface area contributed by atoms with Gasteiger partial charge >= 0.3 is 12.1 Å². The molecule has 39 heavy (non-hydrogen) atoms. The lowest BCUT2D eigenvalue weighted by Crippen LogP contribution is -2.56. The fraction of sp³-hybridized carbons (Fsp3) is 0.481. The van der Waals surface area contributed by atoms with E-state index in [4.69, 9.17) is 9.47 Å². The van der Waals surface area contributed by atoms with Crippen LogP contribution >= 0.6 is 0 Å². The van der Waals surface area contributed by atoms with Gasteiger partial charge in [-0.05, 0) is 25.8 Å². The molecule has 0 spiro atoms. The van der Waals surface area contributed by atoms with E-state index in [1.165, 1.54) is 9.80 Å². The number of aliphatic carboxylic acids is 1. The molecule has 1 aromatic heterocycles. The first kappa shape index (κ1) is 28.0. The van der Waals surface area contributed by atoms with Crippen LogP contribution in [0.4, 0.5) is 4.79 Å². The summed E-state index contributed by atoms with van der Waals surface area (Å²) in [5.74, 6) is -1.68. The minimum absolute atomic E-state index is 0.0159. The van der Waals surface area contributed by atoms with Crippen LogP contribution in [0.25, 0.3) is 11.4 Å². The van der Waals surface area contributed by atoms with Gasteiger partial charge in [-0.3, -0.25) is 14.4 Å². The monoisotopic (exact) mass is 539 g/mol. The van der Waals surface area contributed by atoms with Crippen molar-refractivity contribution in [3.05, 3.63) is 47.8 Å². The fourth-order valence-electron chi connectivity index (χ4n) is 4.58. The Bertz CT molecular complexity index is 1180. The van der Waals surface area contributed by atoms with Crippen molar-refractivity contribution in [2.75, 3.05) is 46.0 Å². The summed E-state index contributed by atoms with van der Waals surface area (Å²) >= 11 is 0. The maximum Gasteiger partial charge on any atom is 0.409 e. The quantitative estimate of drug-likeness (QED) is 0.487. The molecule has 2 aliphatic rings. The summed E-state index contributed by atoms with van der Waals surface area (Å²) in [5, 5.41) is 12.0. The number of piperazine rings is 1. The third-order valence-electron chi connectivity index (χ3n) is 6.73. The Morgan fingerprint density at radius 2 is 1.82 bits per heavy atom. The van der Waals surface area contributed by atoms with Crippen LogP contribution in [0.5, 0.6) is 0 Å². The van der Waals surface area contributed by atoms with Gasteiger partial charge < -0.3 is 29.7 Å². The average Bonchev–Trinajstić information content (AvgIpc) is 3.50. The highest BCUT2D eigenvalue weighted by Gasteiger charge is 2.31. The van der Waals surface area contributed by atoms with Gasteiger partial charge in [0, 0.05) is 50.7 Å². The number of hydrogen-bond donors (Lipinski definition) is 2. The Morgan fingerprint density at radius 3 is 2.46 bits per heavy atom. The van der Waals surface area contributed by atoms with Gasteiger partial charge in [-0.1, -0.05) is 30.3 Å². The Hall–Kier alpha value is -4.06. The molecule has 3 amide bonds. The number of carboxylic acid groups (broad SMARTS) is 1. The Balaban J connectivity index is 1.53. The van der Waals surface area contributed by atoms with Crippen molar-refractivity contribution in [1.82, 2.24) is 25.1 Å². The van der Waals surface area contributed by atoms with Crippen LogP contribution in [0.1, 0.15) is 48.3 Å². The second-order valence-corrected chi connectivity index (χ2v) is 9.40. The molecule has 3 heterocycles. The molecule has 12 nitrogen and oxygen atoms in total. The molecule has 0 radical (unpaired) electrons. The van der Waals surface area contributed by atoms with Crippen LogP contribution in [0.2, 0.25) is 0 Å². The number of amides is 3. The second kappa shape index (κ2) is 13.1.